The highest BCUT2D eigenvalue weighted by Gasteiger charge is 2.27. The molecule has 0 radical (unpaired) electrons. The number of hydrogen-bond donors (Lipinski definition) is 1. The molecule has 7 heteroatoms. The second kappa shape index (κ2) is 5.95. The summed E-state index contributed by atoms with van der Waals surface area (Å²) in [7, 11) is -0.594. The summed E-state index contributed by atoms with van der Waals surface area (Å²) >= 11 is 0. The molecule has 0 amide bonds. The lowest BCUT2D eigenvalue weighted by Crippen LogP contribution is -2.31. The largest absolute Gasteiger partial charge is 0.447 e. The maximum Gasteiger partial charge on any atom is 0.275 e. The van der Waals surface area contributed by atoms with Crippen molar-refractivity contribution >= 4 is 10.0 Å². The first-order chi connectivity index (χ1) is 9.45. The van der Waals surface area contributed by atoms with Gasteiger partial charge in [0.05, 0.1) is 18.5 Å². The average Bonchev–Trinajstić information content (AvgIpc) is 3.05. The fraction of sp³-hybridized carbons (Fsp3) is 0.615. The Labute approximate surface area is 119 Å². The molecule has 1 N–H and O–H groups in total. The third-order valence-corrected chi connectivity index (χ3v) is 5.28. The standard InChI is InChI=1S/C13H19N3O3S/c1-16(2)20(17,18)13-7-6-11(19-13)9-15-12-5-3-4-10(12)8-14/h6-7,10,12,15H,3-5,9H2,1-2H3. The van der Waals surface area contributed by atoms with Gasteiger partial charge in [-0.15, -0.1) is 0 Å². The van der Waals surface area contributed by atoms with Gasteiger partial charge >= 0.3 is 0 Å². The summed E-state index contributed by atoms with van der Waals surface area (Å²) in [6.07, 6.45) is 2.95. The van der Waals surface area contributed by atoms with E-state index in [4.69, 9.17) is 9.68 Å². The zero-order valence-corrected chi connectivity index (χ0v) is 12.5. The van der Waals surface area contributed by atoms with Crippen LogP contribution in [0.5, 0.6) is 0 Å². The molecule has 1 aliphatic rings. The van der Waals surface area contributed by atoms with Crippen LogP contribution in [0.2, 0.25) is 0 Å². The average molecular weight is 297 g/mol. The van der Waals surface area contributed by atoms with Crippen LogP contribution in [-0.2, 0) is 16.6 Å². The predicted octanol–water partition coefficient (Wildman–Crippen LogP) is 1.31. The molecular weight excluding hydrogens is 278 g/mol. The van der Waals surface area contributed by atoms with Crippen LogP contribution in [-0.4, -0.2) is 32.9 Å². The van der Waals surface area contributed by atoms with Gasteiger partial charge in [-0.05, 0) is 25.0 Å². The summed E-state index contributed by atoms with van der Waals surface area (Å²) in [5, 5.41) is 12.2. The van der Waals surface area contributed by atoms with Crippen molar-refractivity contribution in [1.82, 2.24) is 9.62 Å². The van der Waals surface area contributed by atoms with Crippen molar-refractivity contribution in [2.45, 2.75) is 36.9 Å². The normalized spacial score (nSPS) is 23.1. The Morgan fingerprint density at radius 2 is 2.20 bits per heavy atom. The zero-order valence-electron chi connectivity index (χ0n) is 11.7. The van der Waals surface area contributed by atoms with E-state index in [-0.39, 0.29) is 17.1 Å². The third-order valence-electron chi connectivity index (χ3n) is 3.59. The molecule has 1 aromatic rings. The summed E-state index contributed by atoms with van der Waals surface area (Å²) in [5.41, 5.74) is 0. The highest BCUT2D eigenvalue weighted by atomic mass is 32.2. The van der Waals surface area contributed by atoms with Crippen LogP contribution in [0, 0.1) is 17.2 Å². The van der Waals surface area contributed by atoms with Crippen molar-refractivity contribution in [2.24, 2.45) is 5.92 Å². The Morgan fingerprint density at radius 3 is 2.85 bits per heavy atom. The van der Waals surface area contributed by atoms with E-state index in [0.717, 1.165) is 23.6 Å². The van der Waals surface area contributed by atoms with Crippen LogP contribution in [0.1, 0.15) is 25.0 Å². The molecule has 6 nitrogen and oxygen atoms in total. The van der Waals surface area contributed by atoms with Crippen molar-refractivity contribution in [3.05, 3.63) is 17.9 Å². The smallest absolute Gasteiger partial charge is 0.275 e. The third kappa shape index (κ3) is 3.03. The zero-order chi connectivity index (χ0) is 14.8. The summed E-state index contributed by atoms with van der Waals surface area (Å²) in [5.74, 6) is 0.601. The molecule has 1 heterocycles. The molecule has 1 aliphatic carbocycles. The van der Waals surface area contributed by atoms with Gasteiger partial charge in [0.25, 0.3) is 10.0 Å². The molecule has 2 unspecified atom stereocenters. The molecule has 110 valence electrons. The van der Waals surface area contributed by atoms with Gasteiger partial charge in [0.15, 0.2) is 0 Å². The minimum absolute atomic E-state index is 0.0370. The van der Waals surface area contributed by atoms with Crippen molar-refractivity contribution in [3.8, 4) is 6.07 Å². The van der Waals surface area contributed by atoms with E-state index in [1.807, 2.05) is 0 Å². The van der Waals surface area contributed by atoms with Crippen molar-refractivity contribution in [1.29, 1.82) is 5.26 Å². The molecule has 20 heavy (non-hydrogen) atoms. The van der Waals surface area contributed by atoms with Crippen molar-refractivity contribution in [3.63, 3.8) is 0 Å². The van der Waals surface area contributed by atoms with Gasteiger partial charge in [0.1, 0.15) is 5.76 Å². The van der Waals surface area contributed by atoms with E-state index in [1.54, 1.807) is 6.07 Å². The molecular formula is C13H19N3O3S. The minimum atomic E-state index is -3.52. The Hall–Kier alpha value is -1.36. The topological polar surface area (TPSA) is 86.3 Å². The number of furan rings is 1. The molecule has 1 saturated carbocycles. The number of hydrogen-bond acceptors (Lipinski definition) is 5. The van der Waals surface area contributed by atoms with Crippen LogP contribution >= 0.6 is 0 Å². The van der Waals surface area contributed by atoms with Crippen molar-refractivity contribution in [2.75, 3.05) is 14.1 Å². The van der Waals surface area contributed by atoms with E-state index in [1.165, 1.54) is 20.2 Å². The van der Waals surface area contributed by atoms with Gasteiger partial charge in [0, 0.05) is 20.1 Å². The molecule has 0 aliphatic heterocycles. The molecule has 0 aromatic carbocycles. The molecule has 0 spiro atoms. The van der Waals surface area contributed by atoms with E-state index in [0.29, 0.717) is 12.3 Å². The Balaban J connectivity index is 1.99. The molecule has 0 bridgehead atoms. The highest BCUT2D eigenvalue weighted by Crippen LogP contribution is 2.25. The highest BCUT2D eigenvalue weighted by molar-refractivity contribution is 7.88. The van der Waals surface area contributed by atoms with Gasteiger partial charge in [-0.1, -0.05) is 6.42 Å². The van der Waals surface area contributed by atoms with E-state index in [9.17, 15) is 8.42 Å². The van der Waals surface area contributed by atoms with Crippen LogP contribution in [0.15, 0.2) is 21.6 Å². The lowest BCUT2D eigenvalue weighted by molar-refractivity contribution is 0.370. The lowest BCUT2D eigenvalue weighted by Gasteiger charge is -2.14. The maximum atomic E-state index is 11.9. The maximum absolute atomic E-state index is 11.9. The monoisotopic (exact) mass is 297 g/mol. The number of sulfonamides is 1. The van der Waals surface area contributed by atoms with Gasteiger partial charge < -0.3 is 9.73 Å². The van der Waals surface area contributed by atoms with E-state index < -0.39 is 10.0 Å². The van der Waals surface area contributed by atoms with Crippen LogP contribution in [0.25, 0.3) is 0 Å². The second-order valence-corrected chi connectivity index (χ2v) is 7.24. The summed E-state index contributed by atoms with van der Waals surface area (Å²) in [6.45, 7) is 0.436. The number of nitrogens with zero attached hydrogens (tertiary/aromatic N) is 2. The predicted molar refractivity (Wildman–Crippen MR) is 73.2 cm³/mol. The fourth-order valence-corrected chi connectivity index (χ4v) is 3.17. The molecule has 1 aromatic heterocycles. The number of nitriles is 1. The SMILES string of the molecule is CN(C)S(=O)(=O)c1ccc(CNC2CCCC2C#N)o1. The lowest BCUT2D eigenvalue weighted by atomic mass is 10.1. The summed E-state index contributed by atoms with van der Waals surface area (Å²) in [6, 6.07) is 5.58. The van der Waals surface area contributed by atoms with Crippen LogP contribution < -0.4 is 5.32 Å². The van der Waals surface area contributed by atoms with Gasteiger partial charge in [-0.25, -0.2) is 12.7 Å². The summed E-state index contributed by atoms with van der Waals surface area (Å²) < 4.78 is 30.2. The first kappa shape index (κ1) is 15.0. The number of nitrogens with one attached hydrogen (secondary N) is 1. The van der Waals surface area contributed by atoms with E-state index in [2.05, 4.69) is 11.4 Å². The van der Waals surface area contributed by atoms with E-state index >= 15 is 0 Å². The molecule has 2 atom stereocenters. The number of rotatable bonds is 5. The Bertz CT molecular complexity index is 601. The van der Waals surface area contributed by atoms with Gasteiger partial charge in [-0.2, -0.15) is 5.26 Å². The Morgan fingerprint density at radius 1 is 1.45 bits per heavy atom. The first-order valence-corrected chi connectivity index (χ1v) is 8.03. The van der Waals surface area contributed by atoms with Gasteiger partial charge in [0.2, 0.25) is 5.09 Å². The first-order valence-electron chi connectivity index (χ1n) is 6.59. The second-order valence-electron chi connectivity index (χ2n) is 5.16. The van der Waals surface area contributed by atoms with Crippen LogP contribution in [0.3, 0.4) is 0 Å². The van der Waals surface area contributed by atoms with Crippen LogP contribution in [0.4, 0.5) is 0 Å². The molecule has 2 rings (SSSR count). The molecule has 0 saturated heterocycles. The van der Waals surface area contributed by atoms with Gasteiger partial charge in [-0.3, -0.25) is 0 Å². The summed E-state index contributed by atoms with van der Waals surface area (Å²) in [4.78, 5) is 0. The van der Waals surface area contributed by atoms with Crippen molar-refractivity contribution < 1.29 is 12.8 Å². The minimum Gasteiger partial charge on any atom is -0.447 e. The molecule has 1 fully saturated rings. The fourth-order valence-electron chi connectivity index (χ4n) is 2.36. The Kier molecular flexibility index (Phi) is 4.48. The quantitative estimate of drug-likeness (QED) is 0.885.